The van der Waals surface area contributed by atoms with Crippen LogP contribution in [0, 0.1) is 0 Å². The molecule has 114 valence electrons. The smallest absolute Gasteiger partial charge is 0.196 e. The molecule has 1 spiro atoms. The minimum absolute atomic E-state index is 0.0856. The summed E-state index contributed by atoms with van der Waals surface area (Å²) < 4.78 is 29.6. The highest BCUT2D eigenvalue weighted by Crippen LogP contribution is 2.40. The number of nitrogens with zero attached hydrogens (tertiary/aromatic N) is 2. The van der Waals surface area contributed by atoms with Gasteiger partial charge in [0, 0.05) is 0 Å². The van der Waals surface area contributed by atoms with Crippen molar-refractivity contribution in [3.8, 4) is 5.75 Å². The van der Waals surface area contributed by atoms with Gasteiger partial charge in [-0.2, -0.15) is 0 Å². The van der Waals surface area contributed by atoms with Crippen LogP contribution in [-0.2, 0) is 9.84 Å². The molecule has 1 fully saturated rings. The summed E-state index contributed by atoms with van der Waals surface area (Å²) in [4.78, 5) is 6.16. The van der Waals surface area contributed by atoms with Gasteiger partial charge in [0.2, 0.25) is 0 Å². The summed E-state index contributed by atoms with van der Waals surface area (Å²) in [5.74, 6) is 1.35. The van der Waals surface area contributed by atoms with E-state index < -0.39 is 15.4 Å². The van der Waals surface area contributed by atoms with Crippen molar-refractivity contribution in [1.82, 2.24) is 0 Å². The van der Waals surface area contributed by atoms with Gasteiger partial charge in [0.15, 0.2) is 15.8 Å². The lowest BCUT2D eigenvalue weighted by molar-refractivity contribution is 0.403. The number of rotatable bonds is 2. The predicted octanol–water partition coefficient (Wildman–Crippen LogP) is 0.777. The molecule has 2 aliphatic rings. The summed E-state index contributed by atoms with van der Waals surface area (Å²) in [6.45, 7) is 0.413. The van der Waals surface area contributed by atoms with Gasteiger partial charge in [-0.05, 0) is 25.0 Å². The first-order chi connectivity index (χ1) is 9.97. The van der Waals surface area contributed by atoms with Crippen molar-refractivity contribution in [1.29, 1.82) is 0 Å². The lowest BCUT2D eigenvalue weighted by Gasteiger charge is -2.41. The molecule has 1 saturated heterocycles. The van der Waals surface area contributed by atoms with Crippen molar-refractivity contribution in [2.45, 2.75) is 18.4 Å². The van der Waals surface area contributed by atoms with Gasteiger partial charge < -0.3 is 15.4 Å². The molecule has 1 atom stereocenters. The number of anilines is 1. The Labute approximate surface area is 124 Å². The number of aliphatic imine (C=N–C) groups is 1. The van der Waals surface area contributed by atoms with E-state index in [9.17, 15) is 8.42 Å². The summed E-state index contributed by atoms with van der Waals surface area (Å²) in [7, 11) is -1.48. The largest absolute Gasteiger partial charge is 0.495 e. The van der Waals surface area contributed by atoms with Crippen LogP contribution in [0.3, 0.4) is 0 Å². The molecule has 3 rings (SSSR count). The molecule has 2 aliphatic heterocycles. The molecule has 2 heterocycles. The van der Waals surface area contributed by atoms with Crippen molar-refractivity contribution in [3.63, 3.8) is 0 Å². The number of methoxy groups -OCH3 is 1. The van der Waals surface area contributed by atoms with Gasteiger partial charge in [-0.1, -0.05) is 12.1 Å². The number of para-hydroxylation sites is 2. The van der Waals surface area contributed by atoms with E-state index in [1.54, 1.807) is 7.11 Å². The highest BCUT2D eigenvalue weighted by atomic mass is 32.2. The van der Waals surface area contributed by atoms with Crippen LogP contribution in [0.1, 0.15) is 12.8 Å². The maximum absolute atomic E-state index is 12.1. The Balaban J connectivity index is 2.07. The average Bonchev–Trinajstić information content (AvgIpc) is 2.74. The second-order valence-electron chi connectivity index (χ2n) is 5.60. The zero-order valence-corrected chi connectivity index (χ0v) is 12.8. The third-order valence-electron chi connectivity index (χ3n) is 4.15. The van der Waals surface area contributed by atoms with Crippen molar-refractivity contribution in [2.24, 2.45) is 10.7 Å². The number of nitrogens with two attached hydrogens (primary N) is 1. The van der Waals surface area contributed by atoms with Crippen molar-refractivity contribution in [3.05, 3.63) is 24.3 Å². The van der Waals surface area contributed by atoms with Crippen LogP contribution in [0.5, 0.6) is 5.75 Å². The number of sulfone groups is 1. The van der Waals surface area contributed by atoms with Crippen LogP contribution >= 0.6 is 0 Å². The Bertz CT molecular complexity index is 686. The van der Waals surface area contributed by atoms with Crippen LogP contribution in [-0.4, -0.2) is 45.1 Å². The van der Waals surface area contributed by atoms with Gasteiger partial charge in [-0.25, -0.2) is 8.42 Å². The minimum Gasteiger partial charge on any atom is -0.495 e. The van der Waals surface area contributed by atoms with Gasteiger partial charge in [-0.15, -0.1) is 0 Å². The van der Waals surface area contributed by atoms with Gasteiger partial charge in [0.05, 0.1) is 36.4 Å². The predicted molar refractivity (Wildman–Crippen MR) is 82.6 cm³/mol. The van der Waals surface area contributed by atoms with Crippen LogP contribution in [0.4, 0.5) is 5.69 Å². The van der Waals surface area contributed by atoms with E-state index in [0.29, 0.717) is 24.7 Å². The standard InChI is InChI=1S/C14H19N3O3S/c1-20-12-6-3-2-5-11(12)17-13(15)16-9-14(17)7-4-8-21(18,19)10-14/h2-3,5-6H,4,7-10H2,1H3,(H2,15,16). The molecule has 0 aliphatic carbocycles. The second kappa shape index (κ2) is 4.91. The number of hydrogen-bond donors (Lipinski definition) is 1. The van der Waals surface area contributed by atoms with Crippen LogP contribution in [0.15, 0.2) is 29.3 Å². The SMILES string of the molecule is COc1ccccc1N1C(N)=NCC12CCCS(=O)(=O)C2. The molecule has 7 heteroatoms. The Hall–Kier alpha value is -1.76. The Morgan fingerprint density at radius 3 is 2.86 bits per heavy atom. The molecule has 0 aromatic heterocycles. The minimum atomic E-state index is -3.07. The molecule has 0 radical (unpaired) electrons. The van der Waals surface area contributed by atoms with E-state index in [1.165, 1.54) is 0 Å². The molecule has 1 aromatic rings. The maximum Gasteiger partial charge on any atom is 0.196 e. The van der Waals surface area contributed by atoms with Crippen LogP contribution in [0.25, 0.3) is 0 Å². The fourth-order valence-electron chi connectivity index (χ4n) is 3.28. The maximum atomic E-state index is 12.1. The lowest BCUT2D eigenvalue weighted by Crippen LogP contribution is -2.58. The number of guanidine groups is 1. The van der Waals surface area contributed by atoms with Gasteiger partial charge in [0.1, 0.15) is 5.75 Å². The lowest BCUT2D eigenvalue weighted by atomic mass is 9.93. The molecule has 2 N–H and O–H groups in total. The summed E-state index contributed by atoms with van der Waals surface area (Å²) in [5.41, 5.74) is 6.25. The number of ether oxygens (including phenoxy) is 1. The Morgan fingerprint density at radius 1 is 1.38 bits per heavy atom. The number of hydrogen-bond acceptors (Lipinski definition) is 6. The quantitative estimate of drug-likeness (QED) is 0.872. The van der Waals surface area contributed by atoms with Crippen molar-refractivity contribution >= 4 is 21.5 Å². The summed E-state index contributed by atoms with van der Waals surface area (Å²) in [6.07, 6.45) is 1.39. The van der Waals surface area contributed by atoms with E-state index in [4.69, 9.17) is 10.5 Å². The van der Waals surface area contributed by atoms with Crippen LogP contribution in [0.2, 0.25) is 0 Å². The van der Waals surface area contributed by atoms with E-state index in [-0.39, 0.29) is 11.5 Å². The average molecular weight is 309 g/mol. The highest BCUT2D eigenvalue weighted by molar-refractivity contribution is 7.91. The summed E-state index contributed by atoms with van der Waals surface area (Å²) in [6, 6.07) is 7.48. The summed E-state index contributed by atoms with van der Waals surface area (Å²) in [5, 5.41) is 0. The van der Waals surface area contributed by atoms with E-state index >= 15 is 0 Å². The van der Waals surface area contributed by atoms with Gasteiger partial charge in [-0.3, -0.25) is 4.99 Å². The first-order valence-corrected chi connectivity index (χ1v) is 8.73. The van der Waals surface area contributed by atoms with Crippen molar-refractivity contribution in [2.75, 3.05) is 30.1 Å². The monoisotopic (exact) mass is 309 g/mol. The van der Waals surface area contributed by atoms with Gasteiger partial charge in [0.25, 0.3) is 0 Å². The Morgan fingerprint density at radius 2 is 2.14 bits per heavy atom. The van der Waals surface area contributed by atoms with E-state index in [0.717, 1.165) is 12.1 Å². The fraction of sp³-hybridized carbons (Fsp3) is 0.500. The molecule has 1 unspecified atom stereocenters. The third kappa shape index (κ3) is 2.35. The van der Waals surface area contributed by atoms with E-state index in [1.807, 2.05) is 29.2 Å². The number of benzene rings is 1. The van der Waals surface area contributed by atoms with Crippen molar-refractivity contribution < 1.29 is 13.2 Å². The molecule has 6 nitrogen and oxygen atoms in total. The topological polar surface area (TPSA) is 85.0 Å². The Kier molecular flexibility index (Phi) is 3.32. The first kappa shape index (κ1) is 14.2. The fourth-order valence-corrected chi connectivity index (χ4v) is 5.19. The molecule has 21 heavy (non-hydrogen) atoms. The normalized spacial score (nSPS) is 27.7. The zero-order valence-electron chi connectivity index (χ0n) is 11.9. The summed E-state index contributed by atoms with van der Waals surface area (Å²) >= 11 is 0. The highest BCUT2D eigenvalue weighted by Gasteiger charge is 2.48. The van der Waals surface area contributed by atoms with E-state index in [2.05, 4.69) is 4.99 Å². The van der Waals surface area contributed by atoms with Crippen LogP contribution < -0.4 is 15.4 Å². The van der Waals surface area contributed by atoms with Gasteiger partial charge >= 0.3 is 0 Å². The molecule has 0 saturated carbocycles. The zero-order chi connectivity index (χ0) is 15.1. The molecular formula is C14H19N3O3S. The molecule has 1 aromatic carbocycles. The molecular weight excluding hydrogens is 290 g/mol. The third-order valence-corrected chi connectivity index (χ3v) is 6.04. The molecule has 0 amide bonds. The molecule has 0 bridgehead atoms. The first-order valence-electron chi connectivity index (χ1n) is 6.91. The second-order valence-corrected chi connectivity index (χ2v) is 7.79.